The van der Waals surface area contributed by atoms with Crippen molar-refractivity contribution in [1.82, 2.24) is 4.31 Å². The Morgan fingerprint density at radius 3 is 2.68 bits per heavy atom. The standard InChI is InChI=1S/C15H18N2O3S2/c1-17(2)22(19,20)14-5-3-4-13(10-14)16-15(18)7-6-12-8-9-21-11-12/h3-5,8-11H,6-7H2,1-2H3,(H,16,18). The monoisotopic (exact) mass is 338 g/mol. The average molecular weight is 338 g/mol. The number of thiophene rings is 1. The lowest BCUT2D eigenvalue weighted by Gasteiger charge is -2.12. The molecule has 1 amide bonds. The van der Waals surface area contributed by atoms with E-state index in [9.17, 15) is 13.2 Å². The Kier molecular flexibility index (Phi) is 5.33. The van der Waals surface area contributed by atoms with Gasteiger partial charge in [0, 0.05) is 26.2 Å². The van der Waals surface area contributed by atoms with Crippen LogP contribution in [-0.2, 0) is 21.2 Å². The molecule has 22 heavy (non-hydrogen) atoms. The van der Waals surface area contributed by atoms with Crippen molar-refractivity contribution in [3.63, 3.8) is 0 Å². The maximum Gasteiger partial charge on any atom is 0.242 e. The number of amides is 1. The number of sulfonamides is 1. The highest BCUT2D eigenvalue weighted by Gasteiger charge is 2.17. The van der Waals surface area contributed by atoms with Crippen molar-refractivity contribution in [2.24, 2.45) is 0 Å². The lowest BCUT2D eigenvalue weighted by molar-refractivity contribution is -0.116. The SMILES string of the molecule is CN(C)S(=O)(=O)c1cccc(NC(=O)CCc2ccsc2)c1. The summed E-state index contributed by atoms with van der Waals surface area (Å²) in [6.07, 6.45) is 1.03. The Balaban J connectivity index is 2.02. The van der Waals surface area contributed by atoms with Gasteiger partial charge < -0.3 is 5.32 Å². The lowest BCUT2D eigenvalue weighted by atomic mass is 10.2. The largest absolute Gasteiger partial charge is 0.326 e. The van der Waals surface area contributed by atoms with Crippen LogP contribution >= 0.6 is 11.3 Å². The van der Waals surface area contributed by atoms with Gasteiger partial charge in [0.05, 0.1) is 4.90 Å². The highest BCUT2D eigenvalue weighted by molar-refractivity contribution is 7.89. The Morgan fingerprint density at radius 2 is 2.05 bits per heavy atom. The molecule has 0 spiro atoms. The molecule has 0 fully saturated rings. The predicted molar refractivity (Wildman–Crippen MR) is 88.6 cm³/mol. The van der Waals surface area contributed by atoms with Crippen LogP contribution in [0.3, 0.4) is 0 Å². The van der Waals surface area contributed by atoms with Crippen LogP contribution in [0.1, 0.15) is 12.0 Å². The lowest BCUT2D eigenvalue weighted by Crippen LogP contribution is -2.22. The number of anilines is 1. The summed E-state index contributed by atoms with van der Waals surface area (Å²) < 4.78 is 25.3. The first-order valence-electron chi connectivity index (χ1n) is 6.73. The Morgan fingerprint density at radius 1 is 1.27 bits per heavy atom. The van der Waals surface area contributed by atoms with Gasteiger partial charge in [-0.25, -0.2) is 12.7 Å². The fraction of sp³-hybridized carbons (Fsp3) is 0.267. The molecule has 1 aromatic carbocycles. The van der Waals surface area contributed by atoms with E-state index in [2.05, 4.69) is 5.32 Å². The van der Waals surface area contributed by atoms with Crippen LogP contribution in [0.4, 0.5) is 5.69 Å². The summed E-state index contributed by atoms with van der Waals surface area (Å²) in [5, 5.41) is 6.72. The minimum Gasteiger partial charge on any atom is -0.326 e. The maximum absolute atomic E-state index is 12.1. The summed E-state index contributed by atoms with van der Waals surface area (Å²) in [7, 11) is -0.552. The van der Waals surface area contributed by atoms with Crippen molar-refractivity contribution < 1.29 is 13.2 Å². The zero-order chi connectivity index (χ0) is 16.2. The van der Waals surface area contributed by atoms with Crippen molar-refractivity contribution in [2.45, 2.75) is 17.7 Å². The zero-order valence-electron chi connectivity index (χ0n) is 12.4. The summed E-state index contributed by atoms with van der Waals surface area (Å²) in [6, 6.07) is 8.26. The van der Waals surface area contributed by atoms with Crippen LogP contribution in [0.2, 0.25) is 0 Å². The fourth-order valence-corrected chi connectivity index (χ4v) is 3.51. The van der Waals surface area contributed by atoms with Crippen molar-refractivity contribution >= 4 is 33.0 Å². The minimum atomic E-state index is -3.50. The van der Waals surface area contributed by atoms with Crippen molar-refractivity contribution in [2.75, 3.05) is 19.4 Å². The molecule has 0 radical (unpaired) electrons. The number of carbonyl (C=O) groups excluding carboxylic acids is 1. The van der Waals surface area contributed by atoms with E-state index in [1.54, 1.807) is 23.5 Å². The molecule has 1 heterocycles. The van der Waals surface area contributed by atoms with E-state index in [4.69, 9.17) is 0 Å². The van der Waals surface area contributed by atoms with Gasteiger partial charge >= 0.3 is 0 Å². The van der Waals surface area contributed by atoms with Gasteiger partial charge in [0.15, 0.2) is 0 Å². The number of nitrogens with zero attached hydrogens (tertiary/aromatic N) is 1. The van der Waals surface area contributed by atoms with Crippen LogP contribution in [0.15, 0.2) is 46.0 Å². The Labute approximate surface area is 134 Å². The molecule has 1 N–H and O–H groups in total. The number of aryl methyl sites for hydroxylation is 1. The summed E-state index contributed by atoms with van der Waals surface area (Å²) in [4.78, 5) is 12.1. The molecule has 2 aromatic rings. The molecule has 0 aliphatic carbocycles. The van der Waals surface area contributed by atoms with Crippen LogP contribution in [-0.4, -0.2) is 32.7 Å². The third kappa shape index (κ3) is 4.16. The normalized spacial score (nSPS) is 11.6. The number of carbonyl (C=O) groups is 1. The first-order valence-corrected chi connectivity index (χ1v) is 9.11. The highest BCUT2D eigenvalue weighted by Crippen LogP contribution is 2.18. The van der Waals surface area contributed by atoms with Crippen LogP contribution in [0.25, 0.3) is 0 Å². The third-order valence-electron chi connectivity index (χ3n) is 3.12. The maximum atomic E-state index is 12.1. The molecule has 0 aliphatic rings. The smallest absolute Gasteiger partial charge is 0.242 e. The molecule has 0 saturated carbocycles. The van der Waals surface area contributed by atoms with Crippen molar-refractivity contribution in [3.8, 4) is 0 Å². The van der Waals surface area contributed by atoms with Crippen molar-refractivity contribution in [1.29, 1.82) is 0 Å². The second-order valence-electron chi connectivity index (χ2n) is 5.00. The molecule has 0 atom stereocenters. The van der Waals surface area contributed by atoms with Gasteiger partial charge in [-0.1, -0.05) is 6.07 Å². The highest BCUT2D eigenvalue weighted by atomic mass is 32.2. The Hall–Kier alpha value is -1.70. The number of hydrogen-bond donors (Lipinski definition) is 1. The molecule has 0 bridgehead atoms. The average Bonchev–Trinajstić information content (AvgIpc) is 2.98. The fourth-order valence-electron chi connectivity index (χ4n) is 1.86. The number of hydrogen-bond acceptors (Lipinski definition) is 4. The molecular weight excluding hydrogens is 320 g/mol. The van der Waals surface area contributed by atoms with Crippen molar-refractivity contribution in [3.05, 3.63) is 46.7 Å². The quantitative estimate of drug-likeness (QED) is 0.880. The summed E-state index contributed by atoms with van der Waals surface area (Å²) >= 11 is 1.60. The first kappa shape index (κ1) is 16.7. The summed E-state index contributed by atoms with van der Waals surface area (Å²) in [5.74, 6) is -0.134. The molecule has 2 rings (SSSR count). The third-order valence-corrected chi connectivity index (χ3v) is 5.66. The van der Waals surface area contributed by atoms with E-state index in [0.717, 1.165) is 9.87 Å². The van der Waals surface area contributed by atoms with Crippen LogP contribution < -0.4 is 5.32 Å². The minimum absolute atomic E-state index is 0.134. The molecule has 118 valence electrons. The molecule has 0 unspecified atom stereocenters. The van der Waals surface area contributed by atoms with Gasteiger partial charge in [0.1, 0.15) is 0 Å². The topological polar surface area (TPSA) is 66.5 Å². The summed E-state index contributed by atoms with van der Waals surface area (Å²) in [6.45, 7) is 0. The first-order chi connectivity index (χ1) is 10.4. The van der Waals surface area contributed by atoms with E-state index in [0.29, 0.717) is 18.5 Å². The van der Waals surface area contributed by atoms with Gasteiger partial charge in [-0.15, -0.1) is 0 Å². The van der Waals surface area contributed by atoms with E-state index >= 15 is 0 Å². The second-order valence-corrected chi connectivity index (χ2v) is 7.93. The van der Waals surface area contributed by atoms with Gasteiger partial charge in [-0.3, -0.25) is 4.79 Å². The van der Waals surface area contributed by atoms with Gasteiger partial charge in [-0.2, -0.15) is 11.3 Å². The number of benzene rings is 1. The Bertz CT molecular complexity index is 738. The van der Waals surface area contributed by atoms with Gasteiger partial charge in [0.25, 0.3) is 0 Å². The molecule has 7 heteroatoms. The summed E-state index contributed by atoms with van der Waals surface area (Å²) in [5.41, 5.74) is 1.61. The van der Waals surface area contributed by atoms with E-state index in [1.807, 2.05) is 16.8 Å². The second kappa shape index (κ2) is 7.04. The van der Waals surface area contributed by atoms with E-state index in [1.165, 1.54) is 26.2 Å². The van der Waals surface area contributed by atoms with E-state index < -0.39 is 10.0 Å². The molecule has 0 saturated heterocycles. The van der Waals surface area contributed by atoms with Crippen LogP contribution in [0.5, 0.6) is 0 Å². The molecule has 0 aliphatic heterocycles. The zero-order valence-corrected chi connectivity index (χ0v) is 14.1. The van der Waals surface area contributed by atoms with Gasteiger partial charge in [-0.05, 0) is 47.0 Å². The van der Waals surface area contributed by atoms with Crippen LogP contribution in [0, 0.1) is 0 Å². The number of rotatable bonds is 6. The number of nitrogens with one attached hydrogen (secondary N) is 1. The molecule has 5 nitrogen and oxygen atoms in total. The molecular formula is C15H18N2O3S2. The van der Waals surface area contributed by atoms with Gasteiger partial charge in [0.2, 0.25) is 15.9 Å². The molecule has 1 aromatic heterocycles. The van der Waals surface area contributed by atoms with E-state index in [-0.39, 0.29) is 10.8 Å². The predicted octanol–water partition coefficient (Wildman–Crippen LogP) is 2.57.